The van der Waals surface area contributed by atoms with Crippen LogP contribution in [0.4, 0.5) is 0 Å². The van der Waals surface area contributed by atoms with Gasteiger partial charge in [0.1, 0.15) is 0 Å². The van der Waals surface area contributed by atoms with Gasteiger partial charge in [0.15, 0.2) is 0 Å². The molecule has 0 aromatic heterocycles. The van der Waals surface area contributed by atoms with Crippen molar-refractivity contribution in [1.82, 2.24) is 10.2 Å². The van der Waals surface area contributed by atoms with E-state index in [1.165, 1.54) is 77.0 Å². The average Bonchev–Trinajstić information content (AvgIpc) is 2.54. The number of amides is 1. The third-order valence-electron chi connectivity index (χ3n) is 4.82. The van der Waals surface area contributed by atoms with Crippen LogP contribution in [0.15, 0.2) is 0 Å². The molecule has 0 spiro atoms. The standard InChI is InChI=1S/C22H46N2O/c1-21(2)17-15-13-11-9-7-5-6-8-10-12-14-16-18-22(25)23-19-20-24(3)4/h21H,5-20H2,1-4H3,(H,23,25). The molecule has 3 heteroatoms. The molecule has 0 saturated heterocycles. The molecule has 0 aliphatic rings. The predicted octanol–water partition coefficient (Wildman–Crippen LogP) is 5.78. The Morgan fingerprint density at radius 3 is 1.64 bits per heavy atom. The summed E-state index contributed by atoms with van der Waals surface area (Å²) in [5.74, 6) is 1.09. The van der Waals surface area contributed by atoms with E-state index >= 15 is 0 Å². The second kappa shape index (κ2) is 18.2. The van der Waals surface area contributed by atoms with Crippen LogP contribution < -0.4 is 5.32 Å². The van der Waals surface area contributed by atoms with Crippen LogP contribution in [-0.4, -0.2) is 38.0 Å². The molecule has 1 amide bonds. The van der Waals surface area contributed by atoms with Crippen LogP contribution >= 0.6 is 0 Å². The molecule has 1 N–H and O–H groups in total. The second-order valence-electron chi connectivity index (χ2n) is 8.33. The van der Waals surface area contributed by atoms with Gasteiger partial charge in [0, 0.05) is 19.5 Å². The van der Waals surface area contributed by atoms with Crippen LogP contribution in [0.2, 0.25) is 0 Å². The zero-order valence-electron chi connectivity index (χ0n) is 17.7. The molecule has 0 rings (SSSR count). The molecule has 0 aliphatic carbocycles. The number of unbranched alkanes of at least 4 members (excludes halogenated alkanes) is 11. The highest BCUT2D eigenvalue weighted by Gasteiger charge is 2.01. The third-order valence-corrected chi connectivity index (χ3v) is 4.82. The van der Waals surface area contributed by atoms with Gasteiger partial charge < -0.3 is 10.2 Å². The number of carbonyl (C=O) groups excluding carboxylic acids is 1. The van der Waals surface area contributed by atoms with Gasteiger partial charge in [0.25, 0.3) is 0 Å². The third kappa shape index (κ3) is 21.4. The first-order valence-corrected chi connectivity index (χ1v) is 10.9. The average molecular weight is 355 g/mol. The van der Waals surface area contributed by atoms with Crippen molar-refractivity contribution in [3.05, 3.63) is 0 Å². The summed E-state index contributed by atoms with van der Waals surface area (Å²) in [4.78, 5) is 13.7. The number of hydrogen-bond acceptors (Lipinski definition) is 2. The summed E-state index contributed by atoms with van der Waals surface area (Å²) in [7, 11) is 4.06. The van der Waals surface area contributed by atoms with Gasteiger partial charge in [-0.2, -0.15) is 0 Å². The minimum atomic E-state index is 0.218. The molecule has 0 atom stereocenters. The topological polar surface area (TPSA) is 32.3 Å². The predicted molar refractivity (Wildman–Crippen MR) is 111 cm³/mol. The van der Waals surface area contributed by atoms with Crippen molar-refractivity contribution in [3.63, 3.8) is 0 Å². The van der Waals surface area contributed by atoms with E-state index in [-0.39, 0.29) is 5.91 Å². The van der Waals surface area contributed by atoms with Crippen molar-refractivity contribution in [2.24, 2.45) is 5.92 Å². The molecule has 0 aromatic carbocycles. The maximum absolute atomic E-state index is 11.6. The SMILES string of the molecule is CC(C)CCCCCCCCCCCCCCC(=O)NCCN(C)C. The molecule has 25 heavy (non-hydrogen) atoms. The fraction of sp³-hybridized carbons (Fsp3) is 0.955. The lowest BCUT2D eigenvalue weighted by molar-refractivity contribution is -0.121. The van der Waals surface area contributed by atoms with Crippen LogP contribution in [0.1, 0.15) is 104 Å². The highest BCUT2D eigenvalue weighted by molar-refractivity contribution is 5.75. The Labute approximate surface area is 158 Å². The van der Waals surface area contributed by atoms with Crippen LogP contribution in [-0.2, 0) is 4.79 Å². The first kappa shape index (κ1) is 24.4. The second-order valence-corrected chi connectivity index (χ2v) is 8.33. The van der Waals surface area contributed by atoms with E-state index in [2.05, 4.69) is 24.1 Å². The van der Waals surface area contributed by atoms with E-state index in [1.54, 1.807) is 0 Å². The molecule has 150 valence electrons. The fourth-order valence-corrected chi connectivity index (χ4v) is 3.11. The molecule has 0 radical (unpaired) electrons. The first-order chi connectivity index (χ1) is 12.0. The van der Waals surface area contributed by atoms with Crippen molar-refractivity contribution in [3.8, 4) is 0 Å². The summed E-state index contributed by atoms with van der Waals surface area (Å²) in [6.45, 7) is 6.33. The van der Waals surface area contributed by atoms with E-state index in [4.69, 9.17) is 0 Å². The van der Waals surface area contributed by atoms with Gasteiger partial charge in [-0.25, -0.2) is 0 Å². The molecule has 0 aromatic rings. The van der Waals surface area contributed by atoms with Crippen molar-refractivity contribution in [1.29, 1.82) is 0 Å². The zero-order valence-corrected chi connectivity index (χ0v) is 17.7. The Hall–Kier alpha value is -0.570. The lowest BCUT2D eigenvalue weighted by atomic mass is 10.0. The highest BCUT2D eigenvalue weighted by atomic mass is 16.1. The van der Waals surface area contributed by atoms with Gasteiger partial charge in [-0.3, -0.25) is 4.79 Å². The normalized spacial score (nSPS) is 11.4. The van der Waals surface area contributed by atoms with E-state index < -0.39 is 0 Å². The minimum absolute atomic E-state index is 0.218. The summed E-state index contributed by atoms with van der Waals surface area (Å²) in [6.07, 6.45) is 18.3. The van der Waals surface area contributed by atoms with Crippen LogP contribution in [0.3, 0.4) is 0 Å². The summed E-state index contributed by atoms with van der Waals surface area (Å²) >= 11 is 0. The Kier molecular flexibility index (Phi) is 17.8. The van der Waals surface area contributed by atoms with E-state index in [0.717, 1.165) is 25.4 Å². The van der Waals surface area contributed by atoms with Crippen molar-refractivity contribution >= 4 is 5.91 Å². The molecule has 0 fully saturated rings. The Morgan fingerprint density at radius 2 is 1.20 bits per heavy atom. The Morgan fingerprint density at radius 1 is 0.760 bits per heavy atom. The summed E-state index contributed by atoms with van der Waals surface area (Å²) in [6, 6.07) is 0. The number of carbonyl (C=O) groups is 1. The van der Waals surface area contributed by atoms with Gasteiger partial charge >= 0.3 is 0 Å². The summed E-state index contributed by atoms with van der Waals surface area (Å²) in [5.41, 5.74) is 0. The number of rotatable bonds is 18. The van der Waals surface area contributed by atoms with Crippen LogP contribution in [0.25, 0.3) is 0 Å². The molecule has 3 nitrogen and oxygen atoms in total. The fourth-order valence-electron chi connectivity index (χ4n) is 3.11. The number of nitrogens with one attached hydrogen (secondary N) is 1. The highest BCUT2D eigenvalue weighted by Crippen LogP contribution is 2.14. The minimum Gasteiger partial charge on any atom is -0.355 e. The lowest BCUT2D eigenvalue weighted by Gasteiger charge is -2.10. The lowest BCUT2D eigenvalue weighted by Crippen LogP contribution is -2.31. The van der Waals surface area contributed by atoms with Gasteiger partial charge in [-0.15, -0.1) is 0 Å². The van der Waals surface area contributed by atoms with Crippen LogP contribution in [0.5, 0.6) is 0 Å². The monoisotopic (exact) mass is 354 g/mol. The largest absolute Gasteiger partial charge is 0.355 e. The zero-order chi connectivity index (χ0) is 18.8. The molecule has 0 bridgehead atoms. The van der Waals surface area contributed by atoms with Gasteiger partial charge in [0.2, 0.25) is 5.91 Å². The maximum atomic E-state index is 11.6. The molecule has 0 aliphatic heterocycles. The molecule has 0 unspecified atom stereocenters. The van der Waals surface area contributed by atoms with Crippen molar-refractivity contribution in [2.75, 3.05) is 27.2 Å². The molecule has 0 saturated carbocycles. The number of nitrogens with zero attached hydrogens (tertiary/aromatic N) is 1. The summed E-state index contributed by atoms with van der Waals surface area (Å²) < 4.78 is 0. The van der Waals surface area contributed by atoms with Gasteiger partial charge in [-0.05, 0) is 26.4 Å². The van der Waals surface area contributed by atoms with Crippen molar-refractivity contribution < 1.29 is 4.79 Å². The van der Waals surface area contributed by atoms with Gasteiger partial charge in [-0.1, -0.05) is 90.9 Å². The quantitative estimate of drug-likeness (QED) is 0.316. The molecular weight excluding hydrogens is 308 g/mol. The molecule has 0 heterocycles. The van der Waals surface area contributed by atoms with Crippen molar-refractivity contribution in [2.45, 2.75) is 104 Å². The first-order valence-electron chi connectivity index (χ1n) is 10.9. The van der Waals surface area contributed by atoms with E-state index in [9.17, 15) is 4.79 Å². The number of hydrogen-bond donors (Lipinski definition) is 1. The Balaban J connectivity index is 3.12. The van der Waals surface area contributed by atoms with Crippen LogP contribution in [0, 0.1) is 5.92 Å². The Bertz CT molecular complexity index is 290. The number of likely N-dealkylation sites (N-methyl/N-ethyl adjacent to an activating group) is 1. The maximum Gasteiger partial charge on any atom is 0.220 e. The van der Waals surface area contributed by atoms with E-state index in [0.29, 0.717) is 6.42 Å². The van der Waals surface area contributed by atoms with Gasteiger partial charge in [0.05, 0.1) is 0 Å². The smallest absolute Gasteiger partial charge is 0.220 e. The van der Waals surface area contributed by atoms with E-state index in [1.807, 2.05) is 14.1 Å². The summed E-state index contributed by atoms with van der Waals surface area (Å²) in [5, 5.41) is 2.98. The molecular formula is C22H46N2O.